The van der Waals surface area contributed by atoms with E-state index in [0.717, 1.165) is 46.2 Å². The lowest BCUT2D eigenvalue weighted by Crippen LogP contribution is -2.32. The quantitative estimate of drug-likeness (QED) is 0.481. The monoisotopic (exact) mass is 360 g/mol. The Bertz CT molecular complexity index is 429. The fourth-order valence-electron chi connectivity index (χ4n) is 2.15. The number of hydrogen-bond acceptors (Lipinski definition) is 3. The average molecular weight is 362 g/mol. The summed E-state index contributed by atoms with van der Waals surface area (Å²) < 4.78 is 1.97. The minimum absolute atomic E-state index is 0.332. The molecule has 3 nitrogen and oxygen atoms in total. The third-order valence-corrected chi connectivity index (χ3v) is 4.19. The van der Waals surface area contributed by atoms with Crippen molar-refractivity contribution in [1.82, 2.24) is 5.32 Å². The van der Waals surface area contributed by atoms with Gasteiger partial charge in [-0.3, -0.25) is 0 Å². The van der Waals surface area contributed by atoms with E-state index in [9.17, 15) is 5.21 Å². The first-order valence-electron chi connectivity index (χ1n) is 5.60. The summed E-state index contributed by atoms with van der Waals surface area (Å²) in [6.45, 7) is 1.97. The highest BCUT2D eigenvalue weighted by Gasteiger charge is 2.22. The Morgan fingerprint density at radius 2 is 2.00 bits per heavy atom. The van der Waals surface area contributed by atoms with Gasteiger partial charge in [-0.05, 0) is 38.1 Å². The molecule has 0 saturated carbocycles. The second-order valence-corrected chi connectivity index (χ2v) is 5.90. The molecule has 0 bridgehead atoms. The smallest absolute Gasteiger partial charge is 0.0910 e. The Balaban J connectivity index is 2.28. The van der Waals surface area contributed by atoms with Crippen molar-refractivity contribution >= 4 is 37.6 Å². The lowest BCUT2D eigenvalue weighted by atomic mass is 9.89. The number of nitrogens with zero attached hydrogens (tertiary/aromatic N) is 1. The van der Waals surface area contributed by atoms with Crippen molar-refractivity contribution in [3.05, 3.63) is 32.7 Å². The molecule has 92 valence electrons. The molecule has 0 amide bonds. The van der Waals surface area contributed by atoms with E-state index in [1.165, 1.54) is 0 Å². The predicted molar refractivity (Wildman–Crippen MR) is 75.8 cm³/mol. The van der Waals surface area contributed by atoms with Crippen molar-refractivity contribution in [2.24, 2.45) is 11.1 Å². The average Bonchev–Trinajstić information content (AvgIpc) is 2.34. The van der Waals surface area contributed by atoms with E-state index in [-0.39, 0.29) is 0 Å². The number of nitrogens with one attached hydrogen (secondary N) is 1. The number of oxime groups is 1. The van der Waals surface area contributed by atoms with Crippen molar-refractivity contribution in [1.29, 1.82) is 0 Å². The van der Waals surface area contributed by atoms with Crippen LogP contribution in [0.1, 0.15) is 18.4 Å². The van der Waals surface area contributed by atoms with Gasteiger partial charge >= 0.3 is 0 Å². The van der Waals surface area contributed by atoms with Crippen LogP contribution in [-0.4, -0.2) is 24.0 Å². The molecule has 1 heterocycles. The molecular weight excluding hydrogens is 348 g/mol. The van der Waals surface area contributed by atoms with E-state index in [1.807, 2.05) is 18.2 Å². The summed E-state index contributed by atoms with van der Waals surface area (Å²) in [6, 6.07) is 5.92. The highest BCUT2D eigenvalue weighted by Crippen LogP contribution is 2.27. The maximum absolute atomic E-state index is 9.26. The number of piperidine rings is 1. The van der Waals surface area contributed by atoms with E-state index < -0.39 is 0 Å². The number of rotatable bonds is 2. The third kappa shape index (κ3) is 3.09. The van der Waals surface area contributed by atoms with Gasteiger partial charge in [-0.2, -0.15) is 0 Å². The zero-order valence-corrected chi connectivity index (χ0v) is 12.5. The highest BCUT2D eigenvalue weighted by molar-refractivity contribution is 9.11. The molecule has 1 aliphatic rings. The van der Waals surface area contributed by atoms with Crippen LogP contribution < -0.4 is 5.32 Å². The van der Waals surface area contributed by atoms with Crippen LogP contribution in [0.15, 0.2) is 32.3 Å². The van der Waals surface area contributed by atoms with Crippen LogP contribution in [0.5, 0.6) is 0 Å². The lowest BCUT2D eigenvalue weighted by molar-refractivity contribution is 0.311. The molecule has 0 radical (unpaired) electrons. The largest absolute Gasteiger partial charge is 0.411 e. The van der Waals surface area contributed by atoms with Crippen molar-refractivity contribution in [2.75, 3.05) is 13.1 Å². The van der Waals surface area contributed by atoms with Crippen LogP contribution in [0, 0.1) is 5.92 Å². The molecule has 17 heavy (non-hydrogen) atoms. The zero-order valence-electron chi connectivity index (χ0n) is 9.29. The minimum atomic E-state index is 0.332. The minimum Gasteiger partial charge on any atom is -0.411 e. The van der Waals surface area contributed by atoms with Gasteiger partial charge in [0.2, 0.25) is 0 Å². The summed E-state index contributed by atoms with van der Waals surface area (Å²) in [4.78, 5) is 0. The third-order valence-electron chi connectivity index (χ3n) is 3.04. The summed E-state index contributed by atoms with van der Waals surface area (Å²) in [5.74, 6) is 0.332. The van der Waals surface area contributed by atoms with Crippen molar-refractivity contribution in [3.63, 3.8) is 0 Å². The summed E-state index contributed by atoms with van der Waals surface area (Å²) in [6.07, 6.45) is 2.03. The number of benzene rings is 1. The normalized spacial score (nSPS) is 18.4. The molecule has 0 aromatic heterocycles. The summed E-state index contributed by atoms with van der Waals surface area (Å²) in [7, 11) is 0. The molecule has 0 atom stereocenters. The van der Waals surface area contributed by atoms with E-state index in [0.29, 0.717) is 5.92 Å². The topological polar surface area (TPSA) is 44.6 Å². The van der Waals surface area contributed by atoms with Crippen LogP contribution in [0.3, 0.4) is 0 Å². The van der Waals surface area contributed by atoms with Gasteiger partial charge in [-0.15, -0.1) is 0 Å². The maximum atomic E-state index is 9.26. The van der Waals surface area contributed by atoms with Gasteiger partial charge in [0.25, 0.3) is 0 Å². The molecule has 2 rings (SSSR count). The fraction of sp³-hybridized carbons (Fsp3) is 0.417. The first-order valence-corrected chi connectivity index (χ1v) is 7.19. The number of halogens is 2. The molecule has 1 aliphatic heterocycles. The molecule has 5 heteroatoms. The van der Waals surface area contributed by atoms with Crippen molar-refractivity contribution < 1.29 is 5.21 Å². The van der Waals surface area contributed by atoms with Crippen LogP contribution in [0.2, 0.25) is 0 Å². The zero-order chi connectivity index (χ0) is 12.3. The lowest BCUT2D eigenvalue weighted by Gasteiger charge is -2.24. The SMILES string of the molecule is ON=C(c1ccc(Br)cc1Br)C1CCNCC1. The van der Waals surface area contributed by atoms with Crippen LogP contribution in [-0.2, 0) is 0 Å². The molecule has 1 aromatic rings. The molecule has 2 N–H and O–H groups in total. The molecule has 1 fully saturated rings. The van der Waals surface area contributed by atoms with Crippen LogP contribution in [0.25, 0.3) is 0 Å². The second kappa shape index (κ2) is 5.98. The van der Waals surface area contributed by atoms with Gasteiger partial charge in [0.1, 0.15) is 0 Å². The van der Waals surface area contributed by atoms with Gasteiger partial charge in [0, 0.05) is 20.4 Å². The first-order chi connectivity index (χ1) is 8.22. The van der Waals surface area contributed by atoms with E-state index in [4.69, 9.17) is 0 Å². The van der Waals surface area contributed by atoms with Crippen LogP contribution in [0.4, 0.5) is 0 Å². The van der Waals surface area contributed by atoms with Crippen LogP contribution >= 0.6 is 31.9 Å². The molecule has 0 aliphatic carbocycles. The Morgan fingerprint density at radius 3 is 2.59 bits per heavy atom. The van der Waals surface area contributed by atoms with Gasteiger partial charge < -0.3 is 10.5 Å². The summed E-state index contributed by atoms with van der Waals surface area (Å²) in [5, 5.41) is 16.1. The van der Waals surface area contributed by atoms with Crippen molar-refractivity contribution in [3.8, 4) is 0 Å². The molecular formula is C12H14Br2N2O. The summed E-state index contributed by atoms with van der Waals surface area (Å²) in [5.41, 5.74) is 1.76. The van der Waals surface area contributed by atoms with Crippen molar-refractivity contribution in [2.45, 2.75) is 12.8 Å². The Labute approximate surface area is 118 Å². The molecule has 1 aromatic carbocycles. The molecule has 0 spiro atoms. The standard InChI is InChI=1S/C12H14Br2N2O/c13-9-1-2-10(11(14)7-9)12(16-17)8-3-5-15-6-4-8/h1-2,7-8,15,17H,3-6H2. The predicted octanol–water partition coefficient (Wildman–Crippen LogP) is 3.39. The molecule has 0 unspecified atom stereocenters. The Kier molecular flexibility index (Phi) is 4.59. The van der Waals surface area contributed by atoms with Gasteiger partial charge in [0.05, 0.1) is 5.71 Å². The molecule has 1 saturated heterocycles. The van der Waals surface area contributed by atoms with Gasteiger partial charge in [0.15, 0.2) is 0 Å². The summed E-state index contributed by atoms with van der Waals surface area (Å²) >= 11 is 6.94. The Hall–Kier alpha value is -0.390. The van der Waals surface area contributed by atoms with E-state index in [1.54, 1.807) is 0 Å². The maximum Gasteiger partial charge on any atom is 0.0910 e. The van der Waals surface area contributed by atoms with Gasteiger partial charge in [-0.1, -0.05) is 43.1 Å². The van der Waals surface area contributed by atoms with E-state index >= 15 is 0 Å². The highest BCUT2D eigenvalue weighted by atomic mass is 79.9. The first kappa shape index (κ1) is 13.1. The second-order valence-electron chi connectivity index (χ2n) is 4.13. The Morgan fingerprint density at radius 1 is 1.29 bits per heavy atom. The fourth-order valence-corrected chi connectivity index (χ4v) is 3.40. The van der Waals surface area contributed by atoms with Gasteiger partial charge in [-0.25, -0.2) is 0 Å². The van der Waals surface area contributed by atoms with E-state index in [2.05, 4.69) is 42.3 Å². The number of hydrogen-bond donors (Lipinski definition) is 2.